The quantitative estimate of drug-likeness (QED) is 0.798. The standard InChI is InChI=1S/C19H20Cl2N2O3S/c1-9-3-4-10(2)16(18(25)26)15(9)17(24)23-19-22-14(8-27-19)12-6-5-11(20)7-13(12)21/h5-10,15-16H,3-4H2,1-2H3,(H,25,26)(H,22,23,24)/p-1/t9-,10-,15+,16?/m1/s1. The maximum Gasteiger partial charge on any atom is 0.230 e. The zero-order valence-corrected chi connectivity index (χ0v) is 17.2. The number of anilines is 1. The summed E-state index contributed by atoms with van der Waals surface area (Å²) in [6.45, 7) is 3.77. The maximum absolute atomic E-state index is 12.8. The van der Waals surface area contributed by atoms with E-state index in [0.717, 1.165) is 12.8 Å². The van der Waals surface area contributed by atoms with Crippen LogP contribution < -0.4 is 10.4 Å². The number of carboxylic acid groups (broad SMARTS) is 1. The number of aliphatic carboxylic acids is 1. The number of hydrogen-bond donors (Lipinski definition) is 1. The lowest BCUT2D eigenvalue weighted by Gasteiger charge is -2.40. The van der Waals surface area contributed by atoms with Crippen LogP contribution in [-0.2, 0) is 9.59 Å². The molecule has 0 aliphatic heterocycles. The molecule has 1 amide bonds. The maximum atomic E-state index is 12.8. The summed E-state index contributed by atoms with van der Waals surface area (Å²) in [6, 6.07) is 5.11. The number of halogens is 2. The molecular weight excluding hydrogens is 407 g/mol. The van der Waals surface area contributed by atoms with Crippen LogP contribution in [0.3, 0.4) is 0 Å². The highest BCUT2D eigenvalue weighted by molar-refractivity contribution is 7.14. The third-order valence-corrected chi connectivity index (χ3v) is 6.51. The number of nitrogens with one attached hydrogen (secondary N) is 1. The molecule has 2 aromatic rings. The summed E-state index contributed by atoms with van der Waals surface area (Å²) in [4.78, 5) is 28.8. The largest absolute Gasteiger partial charge is 0.550 e. The molecule has 0 spiro atoms. The summed E-state index contributed by atoms with van der Waals surface area (Å²) in [7, 11) is 0. The van der Waals surface area contributed by atoms with Gasteiger partial charge in [0.2, 0.25) is 5.91 Å². The molecule has 4 atom stereocenters. The fourth-order valence-electron chi connectivity index (χ4n) is 3.73. The Bertz CT molecular complexity index is 870. The van der Waals surface area contributed by atoms with Gasteiger partial charge >= 0.3 is 0 Å². The molecule has 1 N–H and O–H groups in total. The van der Waals surface area contributed by atoms with Crippen molar-refractivity contribution in [2.45, 2.75) is 26.7 Å². The predicted molar refractivity (Wildman–Crippen MR) is 106 cm³/mol. The van der Waals surface area contributed by atoms with E-state index in [9.17, 15) is 14.7 Å². The second kappa shape index (κ2) is 8.17. The summed E-state index contributed by atoms with van der Waals surface area (Å²) in [5.41, 5.74) is 1.34. The van der Waals surface area contributed by atoms with Crippen molar-refractivity contribution >= 4 is 51.5 Å². The normalized spacial score (nSPS) is 25.2. The van der Waals surface area contributed by atoms with Gasteiger partial charge in [-0.1, -0.05) is 37.0 Å². The topological polar surface area (TPSA) is 82.1 Å². The minimum absolute atomic E-state index is 0.0331. The Morgan fingerprint density at radius 1 is 1.19 bits per heavy atom. The average Bonchev–Trinajstić information content (AvgIpc) is 3.04. The Morgan fingerprint density at radius 3 is 2.48 bits per heavy atom. The molecule has 1 aliphatic rings. The number of amides is 1. The van der Waals surface area contributed by atoms with Gasteiger partial charge in [0, 0.05) is 33.8 Å². The van der Waals surface area contributed by atoms with Crippen molar-refractivity contribution in [1.29, 1.82) is 0 Å². The van der Waals surface area contributed by atoms with E-state index in [0.29, 0.717) is 26.4 Å². The summed E-state index contributed by atoms with van der Waals surface area (Å²) < 4.78 is 0. The van der Waals surface area contributed by atoms with Crippen molar-refractivity contribution in [2.24, 2.45) is 23.7 Å². The number of hydrogen-bond acceptors (Lipinski definition) is 5. The molecule has 144 valence electrons. The smallest absolute Gasteiger partial charge is 0.230 e. The molecular formula is C19H19Cl2N2O3S-. The second-order valence-electron chi connectivity index (χ2n) is 7.05. The van der Waals surface area contributed by atoms with E-state index < -0.39 is 17.8 Å². The van der Waals surface area contributed by atoms with Gasteiger partial charge in [0.1, 0.15) is 0 Å². The number of carbonyl (C=O) groups excluding carboxylic acids is 2. The highest BCUT2D eigenvalue weighted by Crippen LogP contribution is 2.39. The van der Waals surface area contributed by atoms with Crippen LogP contribution in [-0.4, -0.2) is 16.9 Å². The summed E-state index contributed by atoms with van der Waals surface area (Å²) in [6.07, 6.45) is 1.59. The number of aromatic nitrogens is 1. The Kier molecular flexibility index (Phi) is 6.08. The molecule has 1 aromatic heterocycles. The molecule has 0 radical (unpaired) electrons. The van der Waals surface area contributed by atoms with E-state index in [1.165, 1.54) is 11.3 Å². The average molecular weight is 426 g/mol. The van der Waals surface area contributed by atoms with Gasteiger partial charge in [-0.05, 0) is 42.9 Å². The van der Waals surface area contributed by atoms with Gasteiger partial charge in [0.15, 0.2) is 5.13 Å². The number of carbonyl (C=O) groups is 2. The molecule has 0 saturated heterocycles. The van der Waals surface area contributed by atoms with Gasteiger partial charge in [0.25, 0.3) is 0 Å². The molecule has 0 bridgehead atoms. The van der Waals surface area contributed by atoms with Crippen molar-refractivity contribution < 1.29 is 14.7 Å². The van der Waals surface area contributed by atoms with Crippen molar-refractivity contribution in [3.05, 3.63) is 33.6 Å². The molecule has 1 aliphatic carbocycles. The van der Waals surface area contributed by atoms with Crippen LogP contribution in [0.5, 0.6) is 0 Å². The summed E-state index contributed by atoms with van der Waals surface area (Å²) in [5, 5.41) is 17.6. The van der Waals surface area contributed by atoms with Crippen LogP contribution in [0.25, 0.3) is 11.3 Å². The molecule has 3 rings (SSSR count). The minimum atomic E-state index is -1.16. The monoisotopic (exact) mass is 425 g/mol. The molecule has 1 fully saturated rings. The van der Waals surface area contributed by atoms with E-state index in [2.05, 4.69) is 10.3 Å². The highest BCUT2D eigenvalue weighted by atomic mass is 35.5. The lowest BCUT2D eigenvalue weighted by molar-refractivity contribution is -0.316. The number of nitrogens with zero attached hydrogens (tertiary/aromatic N) is 1. The van der Waals surface area contributed by atoms with E-state index in [1.807, 2.05) is 13.8 Å². The minimum Gasteiger partial charge on any atom is -0.550 e. The number of thiazole rings is 1. The van der Waals surface area contributed by atoms with Crippen molar-refractivity contribution in [2.75, 3.05) is 5.32 Å². The number of benzene rings is 1. The molecule has 27 heavy (non-hydrogen) atoms. The SMILES string of the molecule is C[C@@H]1CC[C@@H](C)[C@H](C(=O)Nc2nc(-c3ccc(Cl)cc3Cl)cs2)C1C(=O)[O-]. The summed E-state index contributed by atoms with van der Waals surface area (Å²) >= 11 is 13.4. The van der Waals surface area contributed by atoms with Crippen LogP contribution >= 0.6 is 34.5 Å². The summed E-state index contributed by atoms with van der Waals surface area (Å²) in [5.74, 6) is -3.05. The molecule has 8 heteroatoms. The molecule has 1 unspecified atom stereocenters. The first-order valence-corrected chi connectivity index (χ1v) is 10.3. The van der Waals surface area contributed by atoms with Crippen molar-refractivity contribution in [3.8, 4) is 11.3 Å². The third-order valence-electron chi connectivity index (χ3n) is 5.21. The van der Waals surface area contributed by atoms with Gasteiger partial charge in [-0.15, -0.1) is 11.3 Å². The fourth-order valence-corrected chi connectivity index (χ4v) is 4.95. The first kappa shape index (κ1) is 20.1. The van der Waals surface area contributed by atoms with E-state index in [-0.39, 0.29) is 17.7 Å². The first-order valence-electron chi connectivity index (χ1n) is 8.70. The second-order valence-corrected chi connectivity index (χ2v) is 8.76. The lowest BCUT2D eigenvalue weighted by atomic mass is 9.67. The number of rotatable bonds is 4. The molecule has 1 aromatic carbocycles. The Hall–Kier alpha value is -1.63. The highest BCUT2D eigenvalue weighted by Gasteiger charge is 2.40. The van der Waals surface area contributed by atoms with E-state index in [4.69, 9.17) is 23.2 Å². The van der Waals surface area contributed by atoms with Gasteiger partial charge in [-0.2, -0.15) is 0 Å². The fraction of sp³-hybridized carbons (Fsp3) is 0.421. The Morgan fingerprint density at radius 2 is 1.85 bits per heavy atom. The zero-order chi connectivity index (χ0) is 19.7. The van der Waals surface area contributed by atoms with Gasteiger partial charge in [-0.25, -0.2) is 4.98 Å². The molecule has 5 nitrogen and oxygen atoms in total. The van der Waals surface area contributed by atoms with Crippen LogP contribution in [0.15, 0.2) is 23.6 Å². The predicted octanol–water partition coefficient (Wildman–Crippen LogP) is 4.10. The van der Waals surface area contributed by atoms with Gasteiger partial charge < -0.3 is 15.2 Å². The Balaban J connectivity index is 1.80. The van der Waals surface area contributed by atoms with E-state index in [1.54, 1.807) is 23.6 Å². The van der Waals surface area contributed by atoms with Crippen molar-refractivity contribution in [3.63, 3.8) is 0 Å². The van der Waals surface area contributed by atoms with E-state index >= 15 is 0 Å². The zero-order valence-electron chi connectivity index (χ0n) is 14.9. The molecule has 1 saturated carbocycles. The Labute approximate surface area is 171 Å². The van der Waals surface area contributed by atoms with Crippen molar-refractivity contribution in [1.82, 2.24) is 4.98 Å². The van der Waals surface area contributed by atoms with Crippen LogP contribution in [0.2, 0.25) is 10.0 Å². The third kappa shape index (κ3) is 4.28. The number of carboxylic acids is 1. The van der Waals surface area contributed by atoms with Crippen LogP contribution in [0, 0.1) is 23.7 Å². The molecule has 1 heterocycles. The van der Waals surface area contributed by atoms with Gasteiger partial charge in [-0.3, -0.25) is 4.79 Å². The first-order chi connectivity index (χ1) is 12.8. The van der Waals surface area contributed by atoms with Gasteiger partial charge in [0.05, 0.1) is 10.7 Å². The van der Waals surface area contributed by atoms with Crippen LogP contribution in [0.1, 0.15) is 26.7 Å². The van der Waals surface area contributed by atoms with Crippen LogP contribution in [0.4, 0.5) is 5.13 Å². The lowest BCUT2D eigenvalue weighted by Crippen LogP contribution is -2.48.